The molecule has 2 aliphatic carbocycles. The number of aromatic nitrogens is 2. The molecule has 1 saturated heterocycles. The predicted octanol–water partition coefficient (Wildman–Crippen LogP) is 3.38. The van der Waals surface area contributed by atoms with Crippen LogP contribution in [0.25, 0.3) is 22.5 Å². The minimum atomic E-state index is -0.392. The van der Waals surface area contributed by atoms with Crippen molar-refractivity contribution in [3.63, 3.8) is 0 Å². The van der Waals surface area contributed by atoms with E-state index in [0.29, 0.717) is 42.1 Å². The van der Waals surface area contributed by atoms with Gasteiger partial charge in [-0.15, -0.1) is 0 Å². The van der Waals surface area contributed by atoms with Gasteiger partial charge in [0.05, 0.1) is 28.2 Å². The van der Waals surface area contributed by atoms with Gasteiger partial charge in [-0.3, -0.25) is 9.78 Å². The Bertz CT molecular complexity index is 1470. The number of benzene rings is 1. The van der Waals surface area contributed by atoms with Crippen molar-refractivity contribution >= 4 is 11.6 Å². The quantitative estimate of drug-likeness (QED) is 0.585. The highest BCUT2D eigenvalue weighted by molar-refractivity contribution is 6.01. The molecule has 7 nitrogen and oxygen atoms in total. The predicted molar refractivity (Wildman–Crippen MR) is 134 cm³/mol. The molecule has 0 radical (unpaired) electrons. The van der Waals surface area contributed by atoms with Crippen molar-refractivity contribution in [1.29, 1.82) is 5.26 Å². The van der Waals surface area contributed by atoms with E-state index < -0.39 is 5.82 Å². The molecule has 1 spiro atoms. The highest BCUT2D eigenvalue weighted by Crippen LogP contribution is 2.52. The van der Waals surface area contributed by atoms with E-state index in [4.69, 9.17) is 0 Å². The summed E-state index contributed by atoms with van der Waals surface area (Å²) in [6.07, 6.45) is 5.64. The number of nitriles is 1. The number of rotatable bonds is 2. The lowest BCUT2D eigenvalue weighted by molar-refractivity contribution is 0.0936. The first kappa shape index (κ1) is 21.6. The van der Waals surface area contributed by atoms with Crippen LogP contribution in [0.3, 0.4) is 0 Å². The number of amides is 1. The van der Waals surface area contributed by atoms with Crippen LogP contribution in [0.4, 0.5) is 10.1 Å². The molecule has 36 heavy (non-hydrogen) atoms. The molecule has 2 N–H and O–H groups in total. The molecule has 0 unspecified atom stereocenters. The molecule has 4 aliphatic rings. The average molecular weight is 483 g/mol. The number of carbonyl (C=O) groups excluding carboxylic acids is 1. The fourth-order valence-corrected chi connectivity index (χ4v) is 6.19. The zero-order chi connectivity index (χ0) is 24.6. The maximum Gasteiger partial charge on any atom is 0.253 e. The van der Waals surface area contributed by atoms with Crippen molar-refractivity contribution in [3.05, 3.63) is 58.2 Å². The normalized spacial score (nSPS) is 19.8. The lowest BCUT2D eigenvalue weighted by Crippen LogP contribution is -2.45. The van der Waals surface area contributed by atoms with E-state index in [1.54, 1.807) is 6.07 Å². The van der Waals surface area contributed by atoms with Gasteiger partial charge in [0, 0.05) is 61.2 Å². The van der Waals surface area contributed by atoms with Gasteiger partial charge in [-0.25, -0.2) is 4.39 Å². The third kappa shape index (κ3) is 3.12. The Hall–Kier alpha value is -3.70. The van der Waals surface area contributed by atoms with Gasteiger partial charge >= 0.3 is 0 Å². The van der Waals surface area contributed by atoms with E-state index >= 15 is 4.39 Å². The fraction of sp³-hybridized carbons (Fsp3) is 0.393. The summed E-state index contributed by atoms with van der Waals surface area (Å²) in [6.45, 7) is 3.74. The van der Waals surface area contributed by atoms with Crippen LogP contribution >= 0.6 is 0 Å². The Morgan fingerprint density at radius 3 is 2.69 bits per heavy atom. The molecule has 1 aromatic carbocycles. The summed E-state index contributed by atoms with van der Waals surface area (Å²) < 4.78 is 15.4. The second-order valence-corrected chi connectivity index (χ2v) is 10.7. The van der Waals surface area contributed by atoms with Crippen molar-refractivity contribution in [2.45, 2.75) is 31.1 Å². The Morgan fingerprint density at radius 2 is 1.94 bits per heavy atom. The van der Waals surface area contributed by atoms with Crippen LogP contribution < -0.4 is 10.2 Å². The second kappa shape index (κ2) is 7.65. The van der Waals surface area contributed by atoms with E-state index in [9.17, 15) is 10.1 Å². The molecule has 1 amide bonds. The summed E-state index contributed by atoms with van der Waals surface area (Å²) in [5, 5.41) is 13.0. The van der Waals surface area contributed by atoms with Crippen LogP contribution in [0.5, 0.6) is 0 Å². The summed E-state index contributed by atoms with van der Waals surface area (Å²) in [4.78, 5) is 25.3. The Labute approximate surface area is 208 Å². The zero-order valence-corrected chi connectivity index (χ0v) is 20.2. The number of aryl methyl sites for hydroxylation is 1. The molecule has 182 valence electrons. The molecule has 0 atom stereocenters. The molecule has 2 aromatic heterocycles. The number of pyridine rings is 1. The monoisotopic (exact) mass is 482 g/mol. The van der Waals surface area contributed by atoms with Gasteiger partial charge in [0.2, 0.25) is 0 Å². The van der Waals surface area contributed by atoms with Crippen molar-refractivity contribution in [1.82, 2.24) is 20.2 Å². The lowest BCUT2D eigenvalue weighted by Gasteiger charge is -2.34. The third-order valence-corrected chi connectivity index (χ3v) is 8.50. The van der Waals surface area contributed by atoms with Crippen molar-refractivity contribution < 1.29 is 9.18 Å². The summed E-state index contributed by atoms with van der Waals surface area (Å²) in [6, 6.07) is 7.45. The number of likely N-dealkylation sites (N-methyl/N-ethyl adjacent to an activating group) is 1. The third-order valence-electron chi connectivity index (χ3n) is 8.50. The summed E-state index contributed by atoms with van der Waals surface area (Å²) in [5.74, 6) is -0.380. The summed E-state index contributed by atoms with van der Waals surface area (Å²) in [5.41, 5.74) is 8.08. The summed E-state index contributed by atoms with van der Waals surface area (Å²) >= 11 is 0. The first-order valence-corrected chi connectivity index (χ1v) is 12.7. The number of piperazine rings is 1. The number of halogens is 1. The Kier molecular flexibility index (Phi) is 4.58. The van der Waals surface area contributed by atoms with Crippen LogP contribution in [-0.4, -0.2) is 60.5 Å². The van der Waals surface area contributed by atoms with E-state index in [-0.39, 0.29) is 11.3 Å². The summed E-state index contributed by atoms with van der Waals surface area (Å²) in [7, 11) is 2.05. The molecular formula is C28H27FN6O. The molecule has 7 rings (SSSR count). The molecular weight excluding hydrogens is 455 g/mol. The Balaban J connectivity index is 1.31. The van der Waals surface area contributed by atoms with Gasteiger partial charge < -0.3 is 20.1 Å². The van der Waals surface area contributed by atoms with Crippen molar-refractivity contribution in [2.24, 2.45) is 0 Å². The van der Waals surface area contributed by atoms with Crippen LogP contribution in [-0.2, 0) is 18.3 Å². The van der Waals surface area contributed by atoms with Gasteiger partial charge in [0.25, 0.3) is 5.91 Å². The topological polar surface area (TPSA) is 88.0 Å². The number of nitrogens with zero attached hydrogens (tertiary/aromatic N) is 4. The number of H-pyrrole nitrogens is 1. The maximum absolute atomic E-state index is 15.4. The molecule has 8 heteroatoms. The molecule has 3 aromatic rings. The molecule has 1 saturated carbocycles. The number of nitrogens with one attached hydrogen (secondary N) is 2. The first-order valence-electron chi connectivity index (χ1n) is 12.7. The minimum absolute atomic E-state index is 0.0120. The largest absolute Gasteiger partial charge is 0.366 e. The number of hydrogen-bond donors (Lipinski definition) is 2. The van der Waals surface area contributed by atoms with Gasteiger partial charge in [0.1, 0.15) is 11.9 Å². The van der Waals surface area contributed by atoms with Gasteiger partial charge in [-0.2, -0.15) is 5.26 Å². The van der Waals surface area contributed by atoms with E-state index in [1.807, 2.05) is 24.2 Å². The number of anilines is 1. The number of fused-ring (bicyclic) bond motifs is 6. The van der Waals surface area contributed by atoms with Crippen molar-refractivity contribution in [3.8, 4) is 28.6 Å². The van der Waals surface area contributed by atoms with Gasteiger partial charge in [0.15, 0.2) is 0 Å². The van der Waals surface area contributed by atoms with Crippen LogP contribution in [0.2, 0.25) is 0 Å². The highest BCUT2D eigenvalue weighted by atomic mass is 19.1. The second-order valence-electron chi connectivity index (χ2n) is 10.7. The molecule has 4 heterocycles. The number of aromatic amines is 1. The van der Waals surface area contributed by atoms with Crippen LogP contribution in [0.1, 0.15) is 45.6 Å². The SMILES string of the molecule is CN1CCN(c2c(F)cc(-c3cc4c(cn3)CCc3c-4[nH]c4c3C(=O)NCC43CC3)cc2C#N)CC1. The molecule has 0 bridgehead atoms. The fourth-order valence-electron chi connectivity index (χ4n) is 6.19. The lowest BCUT2D eigenvalue weighted by atomic mass is 9.86. The van der Waals surface area contributed by atoms with E-state index in [2.05, 4.69) is 26.3 Å². The smallest absolute Gasteiger partial charge is 0.253 e. The highest BCUT2D eigenvalue weighted by Gasteiger charge is 2.51. The number of hydrogen-bond acceptors (Lipinski definition) is 5. The standard InChI is InChI=1S/C28H27FN6O/c1-34-6-8-35(9-7-34)25-18(13-30)10-17(11-21(25)29)22-12-20-16(14-31-22)2-3-19-23-26(33-24(19)20)28(4-5-28)15-32-27(23)36/h10-12,14,33H,2-9,15H2,1H3,(H,32,36). The first-order chi connectivity index (χ1) is 17.5. The zero-order valence-electron chi connectivity index (χ0n) is 20.2. The van der Waals surface area contributed by atoms with E-state index in [0.717, 1.165) is 72.4 Å². The van der Waals surface area contributed by atoms with Crippen molar-refractivity contribution in [2.75, 3.05) is 44.7 Å². The maximum atomic E-state index is 15.4. The Morgan fingerprint density at radius 1 is 1.14 bits per heavy atom. The minimum Gasteiger partial charge on any atom is -0.366 e. The van der Waals surface area contributed by atoms with Gasteiger partial charge in [-0.05, 0) is 62.1 Å². The molecule has 2 aliphatic heterocycles. The van der Waals surface area contributed by atoms with Gasteiger partial charge in [-0.1, -0.05) is 0 Å². The van der Waals surface area contributed by atoms with E-state index in [1.165, 1.54) is 6.07 Å². The number of carbonyl (C=O) groups is 1. The molecule has 2 fully saturated rings. The van der Waals surface area contributed by atoms with Crippen LogP contribution in [0, 0.1) is 17.1 Å². The average Bonchev–Trinajstić information content (AvgIpc) is 3.55. The van der Waals surface area contributed by atoms with Crippen LogP contribution in [0.15, 0.2) is 24.4 Å².